The first-order chi connectivity index (χ1) is 7.65. The molecule has 0 radical (unpaired) electrons. The van der Waals surface area contributed by atoms with Crippen molar-refractivity contribution in [2.24, 2.45) is 0 Å². The van der Waals surface area contributed by atoms with E-state index in [-0.39, 0.29) is 0 Å². The molecule has 0 heterocycles. The summed E-state index contributed by atoms with van der Waals surface area (Å²) < 4.78 is 0. The van der Waals surface area contributed by atoms with E-state index in [4.69, 9.17) is 0 Å². The lowest BCUT2D eigenvalue weighted by Gasteiger charge is -2.16. The molecule has 0 spiro atoms. The zero-order valence-electron chi connectivity index (χ0n) is 11.3. The summed E-state index contributed by atoms with van der Waals surface area (Å²) in [5, 5.41) is 0.753. The largest absolute Gasteiger partial charge is 0.122 e. The van der Waals surface area contributed by atoms with Gasteiger partial charge in [-0.1, -0.05) is 45.4 Å². The maximum absolute atomic E-state index is 4.06. The maximum atomic E-state index is 4.06. The SMILES string of the molecule is C=C(C)/C(=C\C=C/C)SC(CCC)CCC. The summed E-state index contributed by atoms with van der Waals surface area (Å²) in [6, 6.07) is 0. The summed E-state index contributed by atoms with van der Waals surface area (Å²) in [7, 11) is 0. The van der Waals surface area contributed by atoms with Crippen molar-refractivity contribution >= 4 is 11.8 Å². The molecule has 0 aliphatic heterocycles. The predicted octanol–water partition coefficient (Wildman–Crippen LogP) is 5.72. The Labute approximate surface area is 106 Å². The number of rotatable bonds is 8. The van der Waals surface area contributed by atoms with Gasteiger partial charge in [0.25, 0.3) is 0 Å². The third kappa shape index (κ3) is 6.95. The second kappa shape index (κ2) is 9.77. The van der Waals surface area contributed by atoms with Crippen LogP contribution >= 0.6 is 11.8 Å². The van der Waals surface area contributed by atoms with Gasteiger partial charge in [0.2, 0.25) is 0 Å². The van der Waals surface area contributed by atoms with Crippen molar-refractivity contribution < 1.29 is 0 Å². The van der Waals surface area contributed by atoms with Gasteiger partial charge in [-0.2, -0.15) is 0 Å². The molecular formula is C15H26S. The van der Waals surface area contributed by atoms with Crippen LogP contribution in [0.25, 0.3) is 0 Å². The van der Waals surface area contributed by atoms with Gasteiger partial charge < -0.3 is 0 Å². The average molecular weight is 238 g/mol. The van der Waals surface area contributed by atoms with Crippen LogP contribution in [0.3, 0.4) is 0 Å². The van der Waals surface area contributed by atoms with E-state index < -0.39 is 0 Å². The molecule has 0 bridgehead atoms. The molecule has 0 saturated heterocycles. The molecule has 0 saturated carbocycles. The maximum Gasteiger partial charge on any atom is 0.00980 e. The molecule has 0 amide bonds. The molecule has 0 aromatic rings. The van der Waals surface area contributed by atoms with E-state index in [1.54, 1.807) is 0 Å². The van der Waals surface area contributed by atoms with E-state index in [1.807, 2.05) is 18.7 Å². The van der Waals surface area contributed by atoms with E-state index in [1.165, 1.54) is 36.2 Å². The highest BCUT2D eigenvalue weighted by Crippen LogP contribution is 2.32. The molecule has 0 nitrogen and oxygen atoms in total. The Morgan fingerprint density at radius 1 is 1.25 bits per heavy atom. The first-order valence-electron chi connectivity index (χ1n) is 6.31. The monoisotopic (exact) mass is 238 g/mol. The lowest BCUT2D eigenvalue weighted by atomic mass is 10.2. The van der Waals surface area contributed by atoms with Gasteiger partial charge >= 0.3 is 0 Å². The van der Waals surface area contributed by atoms with Gasteiger partial charge in [-0.25, -0.2) is 0 Å². The van der Waals surface area contributed by atoms with E-state index in [0.29, 0.717) is 0 Å². The molecule has 0 N–H and O–H groups in total. The average Bonchev–Trinajstić information content (AvgIpc) is 2.24. The molecule has 0 aliphatic carbocycles. The Morgan fingerprint density at radius 2 is 1.81 bits per heavy atom. The quantitative estimate of drug-likeness (QED) is 0.487. The molecule has 0 atom stereocenters. The van der Waals surface area contributed by atoms with Gasteiger partial charge in [0.05, 0.1) is 0 Å². The Kier molecular flexibility index (Phi) is 9.51. The number of allylic oxidation sites excluding steroid dienone is 4. The molecule has 0 aliphatic rings. The Bertz CT molecular complexity index is 242. The van der Waals surface area contributed by atoms with E-state index >= 15 is 0 Å². The van der Waals surface area contributed by atoms with E-state index in [2.05, 4.69) is 45.6 Å². The molecule has 0 aromatic heterocycles. The molecular weight excluding hydrogens is 212 g/mol. The highest BCUT2D eigenvalue weighted by atomic mass is 32.2. The molecule has 0 fully saturated rings. The van der Waals surface area contributed by atoms with Crippen molar-refractivity contribution in [1.82, 2.24) is 0 Å². The third-order valence-electron chi connectivity index (χ3n) is 2.38. The summed E-state index contributed by atoms with van der Waals surface area (Å²) in [6.07, 6.45) is 11.5. The highest BCUT2D eigenvalue weighted by Gasteiger charge is 2.10. The van der Waals surface area contributed by atoms with Crippen LogP contribution in [0, 0.1) is 0 Å². The van der Waals surface area contributed by atoms with Crippen LogP contribution < -0.4 is 0 Å². The topological polar surface area (TPSA) is 0 Å². The minimum absolute atomic E-state index is 0.753. The van der Waals surface area contributed by atoms with Gasteiger partial charge in [0.1, 0.15) is 0 Å². The zero-order valence-corrected chi connectivity index (χ0v) is 12.1. The van der Waals surface area contributed by atoms with Crippen LogP contribution in [-0.4, -0.2) is 5.25 Å². The molecule has 92 valence electrons. The van der Waals surface area contributed by atoms with Gasteiger partial charge in [-0.05, 0) is 38.3 Å². The van der Waals surface area contributed by atoms with Crippen LogP contribution in [0.4, 0.5) is 0 Å². The third-order valence-corrected chi connectivity index (χ3v) is 3.92. The van der Waals surface area contributed by atoms with Crippen LogP contribution in [0.15, 0.2) is 35.3 Å². The lowest BCUT2D eigenvalue weighted by Crippen LogP contribution is -2.02. The standard InChI is InChI=1S/C15H26S/c1-6-9-12-15(13(4)5)16-14(10-7-2)11-8-3/h6,9,12,14H,4,7-8,10-11H2,1-3,5H3/b9-6-,15-12+. The molecule has 0 aromatic carbocycles. The highest BCUT2D eigenvalue weighted by molar-refractivity contribution is 8.03. The first kappa shape index (κ1) is 15.6. The fourth-order valence-corrected chi connectivity index (χ4v) is 2.98. The van der Waals surface area contributed by atoms with Crippen LogP contribution in [0.1, 0.15) is 53.4 Å². The summed E-state index contributed by atoms with van der Waals surface area (Å²) in [4.78, 5) is 1.34. The number of hydrogen-bond acceptors (Lipinski definition) is 1. The number of hydrogen-bond donors (Lipinski definition) is 0. The Balaban J connectivity index is 4.50. The zero-order chi connectivity index (χ0) is 12.4. The van der Waals surface area contributed by atoms with Crippen molar-refractivity contribution in [2.75, 3.05) is 0 Å². The summed E-state index contributed by atoms with van der Waals surface area (Å²) in [5.41, 5.74) is 1.18. The smallest absolute Gasteiger partial charge is 0.00980 e. The fourth-order valence-electron chi connectivity index (χ4n) is 1.55. The summed E-state index contributed by atoms with van der Waals surface area (Å²) >= 11 is 2.00. The predicted molar refractivity (Wildman–Crippen MR) is 78.9 cm³/mol. The van der Waals surface area contributed by atoms with Gasteiger partial charge in [-0.15, -0.1) is 11.8 Å². The van der Waals surface area contributed by atoms with Crippen molar-refractivity contribution in [1.29, 1.82) is 0 Å². The second-order valence-corrected chi connectivity index (χ2v) is 5.50. The van der Waals surface area contributed by atoms with Crippen molar-refractivity contribution in [3.63, 3.8) is 0 Å². The van der Waals surface area contributed by atoms with Crippen LogP contribution in [-0.2, 0) is 0 Å². The van der Waals surface area contributed by atoms with Crippen molar-refractivity contribution in [3.05, 3.63) is 35.3 Å². The minimum Gasteiger partial charge on any atom is -0.122 e. The van der Waals surface area contributed by atoms with Crippen molar-refractivity contribution in [2.45, 2.75) is 58.6 Å². The van der Waals surface area contributed by atoms with Gasteiger partial charge in [-0.3, -0.25) is 0 Å². The number of thioether (sulfide) groups is 1. The molecule has 0 rings (SSSR count). The minimum atomic E-state index is 0.753. The van der Waals surface area contributed by atoms with Gasteiger partial charge in [0.15, 0.2) is 0 Å². The van der Waals surface area contributed by atoms with E-state index in [9.17, 15) is 0 Å². The summed E-state index contributed by atoms with van der Waals surface area (Å²) in [5.74, 6) is 0. The Morgan fingerprint density at radius 3 is 2.19 bits per heavy atom. The summed E-state index contributed by atoms with van der Waals surface area (Å²) in [6.45, 7) is 12.7. The molecule has 0 unspecified atom stereocenters. The molecule has 1 heteroatoms. The van der Waals surface area contributed by atoms with Crippen LogP contribution in [0.5, 0.6) is 0 Å². The fraction of sp³-hybridized carbons (Fsp3) is 0.600. The lowest BCUT2D eigenvalue weighted by molar-refractivity contribution is 0.674. The van der Waals surface area contributed by atoms with Crippen LogP contribution in [0.2, 0.25) is 0 Å². The first-order valence-corrected chi connectivity index (χ1v) is 7.19. The normalized spacial score (nSPS) is 12.7. The van der Waals surface area contributed by atoms with Gasteiger partial charge in [0, 0.05) is 10.2 Å². The van der Waals surface area contributed by atoms with E-state index in [0.717, 1.165) is 5.25 Å². The van der Waals surface area contributed by atoms with Crippen molar-refractivity contribution in [3.8, 4) is 0 Å². The molecule has 16 heavy (non-hydrogen) atoms. The second-order valence-electron chi connectivity index (χ2n) is 4.15. The Hall–Kier alpha value is -0.430.